The molecule has 0 atom stereocenters. The number of aromatic nitrogens is 4. The van der Waals surface area contributed by atoms with Gasteiger partial charge in [-0.15, -0.1) is 0 Å². The molecule has 0 aliphatic heterocycles. The van der Waals surface area contributed by atoms with E-state index in [1.54, 1.807) is 18.5 Å². The number of fused-ring (bicyclic) bond motifs is 1. The zero-order valence-corrected chi connectivity index (χ0v) is 22.3. The minimum atomic E-state index is -4.73. The molecule has 0 saturated carbocycles. The van der Waals surface area contributed by atoms with Gasteiger partial charge in [0.25, 0.3) is 0 Å². The van der Waals surface area contributed by atoms with Crippen molar-refractivity contribution in [3.05, 3.63) is 89.8 Å². The summed E-state index contributed by atoms with van der Waals surface area (Å²) >= 11 is 0. The second-order valence-corrected chi connectivity index (χ2v) is 9.52. The van der Waals surface area contributed by atoms with Gasteiger partial charge in [-0.2, -0.15) is 13.2 Å². The van der Waals surface area contributed by atoms with E-state index in [2.05, 4.69) is 30.0 Å². The number of carbonyl (C=O) groups is 1. The molecule has 3 N–H and O–H groups in total. The average molecular weight is 580 g/mol. The number of hydrogen-bond acceptors (Lipinski definition) is 6. The molecule has 12 heteroatoms. The molecule has 42 heavy (non-hydrogen) atoms. The fraction of sp³-hybridized carbons (Fsp3) is 0.200. The number of rotatable bonds is 9. The topological polar surface area (TPSA) is 113 Å². The Labute approximate surface area is 237 Å². The van der Waals surface area contributed by atoms with Crippen molar-refractivity contribution in [2.45, 2.75) is 25.4 Å². The van der Waals surface area contributed by atoms with Gasteiger partial charge < -0.3 is 20.1 Å². The number of aromatic amines is 1. The molecular weight excluding hydrogens is 554 g/mol. The van der Waals surface area contributed by atoms with E-state index in [1.807, 2.05) is 24.3 Å². The first kappa shape index (κ1) is 28.7. The van der Waals surface area contributed by atoms with Crippen molar-refractivity contribution in [3.8, 4) is 28.3 Å². The lowest BCUT2D eigenvalue weighted by molar-refractivity contribution is -0.139. The van der Waals surface area contributed by atoms with E-state index < -0.39 is 35.8 Å². The maximum Gasteiger partial charge on any atom is 0.421 e. The van der Waals surface area contributed by atoms with Crippen LogP contribution in [-0.2, 0) is 23.8 Å². The van der Waals surface area contributed by atoms with Crippen LogP contribution >= 0.6 is 0 Å². The Morgan fingerprint density at radius 1 is 0.976 bits per heavy atom. The van der Waals surface area contributed by atoms with Gasteiger partial charge in [0.1, 0.15) is 17.0 Å². The molecule has 0 radical (unpaired) electrons. The van der Waals surface area contributed by atoms with Gasteiger partial charge in [-0.3, -0.25) is 9.78 Å². The number of ether oxygens (including phenoxy) is 1. The van der Waals surface area contributed by atoms with Crippen LogP contribution in [0.5, 0.6) is 5.88 Å². The van der Waals surface area contributed by atoms with E-state index in [0.29, 0.717) is 35.7 Å². The summed E-state index contributed by atoms with van der Waals surface area (Å²) in [4.78, 5) is 28.2. The maximum absolute atomic E-state index is 15.0. The molecule has 1 amide bonds. The normalized spacial score (nSPS) is 11.6. The average Bonchev–Trinajstić information content (AvgIpc) is 3.40. The first-order valence-electron chi connectivity index (χ1n) is 12.9. The number of pyridine rings is 3. The standard InChI is InChI=1S/C30H25F4N5O3/c1-42-29-24(30(32,33)34)13-23(16-37-29)38-27(41)12-18-5-4-17(10-25(18)31)21-9-20-11-26(39-28(20)36-15-21)19-6-7-22(35-14-19)3-2-8-40/h4-7,9-11,13-16,40H,2-3,8,12H2,1H3,(H,36,39)(H,38,41). The fourth-order valence-electron chi connectivity index (χ4n) is 4.46. The molecule has 0 saturated heterocycles. The Morgan fingerprint density at radius 3 is 2.45 bits per heavy atom. The van der Waals surface area contributed by atoms with Crippen molar-refractivity contribution in [1.29, 1.82) is 0 Å². The summed E-state index contributed by atoms with van der Waals surface area (Å²) in [5.74, 6) is -1.97. The van der Waals surface area contributed by atoms with Crippen LogP contribution in [0.4, 0.5) is 23.2 Å². The largest absolute Gasteiger partial charge is 0.481 e. The quantitative estimate of drug-likeness (QED) is 0.186. The highest BCUT2D eigenvalue weighted by atomic mass is 19.4. The predicted molar refractivity (Wildman–Crippen MR) is 148 cm³/mol. The number of methoxy groups -OCH3 is 1. The number of H-pyrrole nitrogens is 1. The monoisotopic (exact) mass is 579 g/mol. The van der Waals surface area contributed by atoms with E-state index in [9.17, 15) is 22.4 Å². The second kappa shape index (κ2) is 12.0. The minimum absolute atomic E-state index is 0.0710. The molecule has 0 aliphatic carbocycles. The number of aryl methyl sites for hydroxylation is 1. The Kier molecular flexibility index (Phi) is 8.16. The first-order chi connectivity index (χ1) is 20.1. The molecule has 0 aliphatic rings. The lowest BCUT2D eigenvalue weighted by atomic mass is 10.0. The number of anilines is 1. The van der Waals surface area contributed by atoms with Gasteiger partial charge in [0.05, 0.1) is 25.4 Å². The molecule has 5 rings (SSSR count). The van der Waals surface area contributed by atoms with Crippen molar-refractivity contribution >= 4 is 22.6 Å². The summed E-state index contributed by atoms with van der Waals surface area (Å²) in [5, 5.41) is 12.1. The molecule has 8 nitrogen and oxygen atoms in total. The highest BCUT2D eigenvalue weighted by Gasteiger charge is 2.35. The third-order valence-corrected chi connectivity index (χ3v) is 6.57. The Balaban J connectivity index is 1.29. The van der Waals surface area contributed by atoms with E-state index in [4.69, 9.17) is 5.11 Å². The Morgan fingerprint density at radius 2 is 1.76 bits per heavy atom. The molecule has 4 aromatic heterocycles. The van der Waals surface area contributed by atoms with E-state index >= 15 is 0 Å². The molecule has 1 aromatic carbocycles. The fourth-order valence-corrected chi connectivity index (χ4v) is 4.46. The first-order valence-corrected chi connectivity index (χ1v) is 12.9. The van der Waals surface area contributed by atoms with Crippen LogP contribution in [0.25, 0.3) is 33.4 Å². The number of aliphatic hydroxyl groups is 1. The third-order valence-electron chi connectivity index (χ3n) is 6.57. The van der Waals surface area contributed by atoms with E-state index in [-0.39, 0.29) is 17.9 Å². The molecular formula is C30H25F4N5O3. The summed E-state index contributed by atoms with van der Waals surface area (Å²) in [6, 6.07) is 12.7. The van der Waals surface area contributed by atoms with E-state index in [0.717, 1.165) is 35.6 Å². The van der Waals surface area contributed by atoms with Gasteiger partial charge >= 0.3 is 6.18 Å². The third kappa shape index (κ3) is 6.39. The summed E-state index contributed by atoms with van der Waals surface area (Å²) in [6.45, 7) is 0.110. The number of halogens is 4. The van der Waals surface area contributed by atoms with E-state index in [1.165, 1.54) is 12.1 Å². The van der Waals surface area contributed by atoms with Crippen LogP contribution in [0.2, 0.25) is 0 Å². The SMILES string of the molecule is COc1ncc(NC(=O)Cc2ccc(-c3cnc4[nH]c(-c5ccc(CCCO)nc5)cc4c3)cc2F)cc1C(F)(F)F. The summed E-state index contributed by atoms with van der Waals surface area (Å²) in [6.07, 6.45) is 0.601. The van der Waals surface area contributed by atoms with Gasteiger partial charge in [0, 0.05) is 46.9 Å². The molecule has 0 bridgehead atoms. The van der Waals surface area contributed by atoms with Crippen LogP contribution < -0.4 is 10.1 Å². The van der Waals surface area contributed by atoms with Gasteiger partial charge in [0.15, 0.2) is 0 Å². The Hall–Kier alpha value is -4.84. The number of alkyl halides is 3. The Bertz CT molecular complexity index is 1740. The molecule has 216 valence electrons. The van der Waals surface area contributed by atoms with Crippen molar-refractivity contribution in [3.63, 3.8) is 0 Å². The van der Waals surface area contributed by atoms with Gasteiger partial charge in [-0.1, -0.05) is 12.1 Å². The lowest BCUT2D eigenvalue weighted by Crippen LogP contribution is -2.17. The number of carbonyl (C=O) groups excluding carboxylic acids is 1. The number of hydrogen-bond donors (Lipinski definition) is 3. The summed E-state index contributed by atoms with van der Waals surface area (Å²) in [7, 11) is 1.06. The predicted octanol–water partition coefficient (Wildman–Crippen LogP) is 5.96. The number of nitrogens with one attached hydrogen (secondary N) is 2. The van der Waals surface area contributed by atoms with Crippen LogP contribution in [-0.4, -0.2) is 44.7 Å². The molecule has 0 fully saturated rings. The van der Waals surface area contributed by atoms with Gasteiger partial charge in [-0.05, 0) is 60.4 Å². The van der Waals surface area contributed by atoms with Crippen LogP contribution in [0, 0.1) is 5.82 Å². The maximum atomic E-state index is 15.0. The van der Waals surface area contributed by atoms with Crippen LogP contribution in [0.3, 0.4) is 0 Å². The van der Waals surface area contributed by atoms with Gasteiger partial charge in [-0.25, -0.2) is 14.4 Å². The molecule has 0 spiro atoms. The number of aliphatic hydroxyl groups excluding tert-OH is 1. The van der Waals surface area contributed by atoms with Crippen molar-refractivity contribution in [2.75, 3.05) is 19.0 Å². The smallest absolute Gasteiger partial charge is 0.421 e. The summed E-state index contributed by atoms with van der Waals surface area (Å²) < 4.78 is 59.4. The van der Waals surface area contributed by atoms with Crippen molar-refractivity contribution in [1.82, 2.24) is 19.9 Å². The second-order valence-electron chi connectivity index (χ2n) is 9.52. The number of amides is 1. The number of benzene rings is 1. The zero-order chi connectivity index (χ0) is 29.9. The molecule has 0 unspecified atom stereocenters. The van der Waals surface area contributed by atoms with Gasteiger partial charge in [0.2, 0.25) is 11.8 Å². The zero-order valence-electron chi connectivity index (χ0n) is 22.3. The number of nitrogens with zero attached hydrogens (tertiary/aromatic N) is 3. The van der Waals surface area contributed by atoms with Crippen molar-refractivity contribution in [2.24, 2.45) is 0 Å². The highest BCUT2D eigenvalue weighted by Crippen LogP contribution is 2.36. The lowest BCUT2D eigenvalue weighted by Gasteiger charge is -2.13. The molecule has 5 aromatic rings. The molecule has 4 heterocycles. The summed E-state index contributed by atoms with van der Waals surface area (Å²) in [5.41, 5.74) is 3.16. The van der Waals surface area contributed by atoms with Crippen molar-refractivity contribution < 1.29 is 32.2 Å². The van der Waals surface area contributed by atoms with Crippen LogP contribution in [0.1, 0.15) is 23.2 Å². The minimum Gasteiger partial charge on any atom is -0.481 e. The highest BCUT2D eigenvalue weighted by molar-refractivity contribution is 5.92. The van der Waals surface area contributed by atoms with Crippen LogP contribution in [0.15, 0.2) is 67.1 Å².